The van der Waals surface area contributed by atoms with Crippen molar-refractivity contribution in [1.29, 1.82) is 0 Å². The smallest absolute Gasteiger partial charge is 0.146 e. The Morgan fingerprint density at radius 2 is 1.30 bits per heavy atom. The molecular formula is C8H19IMg. The van der Waals surface area contributed by atoms with Gasteiger partial charge < -0.3 is 0 Å². The molecule has 0 aliphatic carbocycles. The van der Waals surface area contributed by atoms with Crippen molar-refractivity contribution in [2.24, 2.45) is 0 Å². The van der Waals surface area contributed by atoms with Crippen LogP contribution in [0.15, 0.2) is 0 Å². The molecule has 0 aromatic heterocycles. The largest absolute Gasteiger partial charge is 0.364 e. The Labute approximate surface area is 92.3 Å². The Balaban J connectivity index is 0. The summed E-state index contributed by atoms with van der Waals surface area (Å²) in [7, 11) is 0. The second-order valence-electron chi connectivity index (χ2n) is 2.77. The molecule has 0 aliphatic heterocycles. The van der Waals surface area contributed by atoms with Crippen molar-refractivity contribution in [3.05, 3.63) is 0 Å². The molecule has 0 fully saturated rings. The normalized spacial score (nSPS) is 8.20. The van der Waals surface area contributed by atoms with E-state index in [1.165, 1.54) is 25.7 Å². The molecule has 0 amide bonds. The Hall–Kier alpha value is 1.50. The minimum absolute atomic E-state index is 0. The summed E-state index contributed by atoms with van der Waals surface area (Å²) < 4.78 is 3.19. The van der Waals surface area contributed by atoms with E-state index in [9.17, 15) is 0 Å². The van der Waals surface area contributed by atoms with Crippen LogP contribution in [0.2, 0.25) is 9.10 Å². The van der Waals surface area contributed by atoms with E-state index in [-0.39, 0.29) is 24.0 Å². The maximum atomic E-state index is 2.29. The van der Waals surface area contributed by atoms with Crippen LogP contribution in [-0.4, -0.2) is 20.4 Å². The molecule has 0 heterocycles. The van der Waals surface area contributed by atoms with Crippen LogP contribution in [0.25, 0.3) is 0 Å². The van der Waals surface area contributed by atoms with Gasteiger partial charge in [-0.15, -0.1) is 33.1 Å². The van der Waals surface area contributed by atoms with E-state index >= 15 is 0 Å². The summed E-state index contributed by atoms with van der Waals surface area (Å²) in [4.78, 5) is 0. The molecule has 10 heavy (non-hydrogen) atoms. The summed E-state index contributed by atoms with van der Waals surface area (Å²) >= 11 is 0.389. The lowest BCUT2D eigenvalue weighted by atomic mass is 10.4. The summed E-state index contributed by atoms with van der Waals surface area (Å²) in [6.07, 6.45) is 5.80. The highest BCUT2D eigenvalue weighted by atomic mass is 127. The van der Waals surface area contributed by atoms with Gasteiger partial charge in [-0.1, -0.05) is 39.5 Å². The van der Waals surface area contributed by atoms with Gasteiger partial charge >= 0.3 is 20.4 Å². The molecule has 0 unspecified atom stereocenters. The highest BCUT2D eigenvalue weighted by molar-refractivity contribution is 14.0. The highest BCUT2D eigenvalue weighted by Crippen LogP contribution is 1.99. The average molecular weight is 266 g/mol. The third-order valence-corrected chi connectivity index (χ3v) is 3.71. The molecule has 0 spiro atoms. The van der Waals surface area contributed by atoms with Crippen molar-refractivity contribution in [2.45, 2.75) is 48.6 Å². The first kappa shape index (κ1) is 14.0. The predicted molar refractivity (Wildman–Crippen MR) is 60.6 cm³/mol. The van der Waals surface area contributed by atoms with Gasteiger partial charge in [-0.2, -0.15) is 0 Å². The zero-order valence-corrected chi connectivity index (χ0v) is 11.1. The molecule has 0 saturated heterocycles. The fraction of sp³-hybridized carbons (Fsp3) is 1.00. The van der Waals surface area contributed by atoms with E-state index < -0.39 is 0 Å². The molecule has 60 valence electrons. The summed E-state index contributed by atoms with van der Waals surface area (Å²) in [5, 5.41) is 0. The zero-order valence-electron chi connectivity index (χ0n) is 7.36. The molecule has 0 aliphatic rings. The topological polar surface area (TPSA) is 0 Å². The Bertz CT molecular complexity index is 42.5. The maximum absolute atomic E-state index is 2.29. The molecule has 0 N–H and O–H groups in total. The maximum Gasteiger partial charge on any atom is 0.364 e. The Kier molecular flexibility index (Phi) is 18.4. The first-order valence-electron chi connectivity index (χ1n) is 4.41. The number of unbranched alkanes of at least 4 members (excludes halogenated alkanes) is 2. The van der Waals surface area contributed by atoms with E-state index in [1.807, 2.05) is 0 Å². The van der Waals surface area contributed by atoms with Gasteiger partial charge in [-0.3, -0.25) is 0 Å². The van der Waals surface area contributed by atoms with Crippen molar-refractivity contribution < 1.29 is 0 Å². The number of hydrogen-bond donors (Lipinski definition) is 0. The van der Waals surface area contributed by atoms with Gasteiger partial charge in [0.15, 0.2) is 0 Å². The molecule has 0 aromatic carbocycles. The second-order valence-corrected chi connectivity index (χ2v) is 4.89. The van der Waals surface area contributed by atoms with E-state index in [4.69, 9.17) is 0 Å². The van der Waals surface area contributed by atoms with Gasteiger partial charge in [0, 0.05) is 0 Å². The van der Waals surface area contributed by atoms with Crippen LogP contribution in [-0.2, 0) is 0 Å². The lowest BCUT2D eigenvalue weighted by Gasteiger charge is -1.93. The predicted octanol–water partition coefficient (Wildman–Crippen LogP) is 3.75. The van der Waals surface area contributed by atoms with Crippen LogP contribution < -0.4 is 0 Å². The molecule has 0 saturated carbocycles. The molecule has 2 heteroatoms. The highest BCUT2D eigenvalue weighted by Gasteiger charge is 1.92. The lowest BCUT2D eigenvalue weighted by molar-refractivity contribution is 0.851. The SMILES string of the molecule is CCC[CH2][Mg][CH2]CCC.I. The quantitative estimate of drug-likeness (QED) is 0.390. The van der Waals surface area contributed by atoms with E-state index in [0.717, 1.165) is 0 Å². The fourth-order valence-corrected chi connectivity index (χ4v) is 3.09. The van der Waals surface area contributed by atoms with Crippen molar-refractivity contribution in [1.82, 2.24) is 0 Å². The molecule has 0 aromatic rings. The van der Waals surface area contributed by atoms with Crippen LogP contribution in [0.3, 0.4) is 0 Å². The van der Waals surface area contributed by atoms with E-state index in [1.54, 1.807) is 9.10 Å². The van der Waals surface area contributed by atoms with Gasteiger partial charge in [-0.25, -0.2) is 0 Å². The summed E-state index contributed by atoms with van der Waals surface area (Å²) in [6.45, 7) is 4.57. The van der Waals surface area contributed by atoms with Gasteiger partial charge in [-0.05, 0) is 0 Å². The second kappa shape index (κ2) is 13.1. The van der Waals surface area contributed by atoms with Crippen LogP contribution >= 0.6 is 24.0 Å². The minimum Gasteiger partial charge on any atom is -0.146 e. The molecule has 0 rings (SSSR count). The first-order valence-corrected chi connectivity index (χ1v) is 6.41. The fourth-order valence-electron chi connectivity index (χ4n) is 1.03. The minimum atomic E-state index is 0. The third-order valence-electron chi connectivity index (χ3n) is 1.71. The molecule has 0 radical (unpaired) electrons. The van der Waals surface area contributed by atoms with Crippen LogP contribution in [0, 0.1) is 0 Å². The molecule has 0 nitrogen and oxygen atoms in total. The molecule has 0 bridgehead atoms. The van der Waals surface area contributed by atoms with Crippen molar-refractivity contribution in [3.8, 4) is 0 Å². The molecular weight excluding hydrogens is 247 g/mol. The van der Waals surface area contributed by atoms with Gasteiger partial charge in [0.1, 0.15) is 0 Å². The standard InChI is InChI=1S/2C4H9.HI.Mg/c2*1-3-4-2;;/h2*1,3-4H2,2H3;1H;. The van der Waals surface area contributed by atoms with Gasteiger partial charge in [0.2, 0.25) is 0 Å². The number of rotatable bonds is 6. The van der Waals surface area contributed by atoms with Crippen LogP contribution in [0.5, 0.6) is 0 Å². The number of hydrogen-bond acceptors (Lipinski definition) is 0. The van der Waals surface area contributed by atoms with Gasteiger partial charge in [0.25, 0.3) is 0 Å². The van der Waals surface area contributed by atoms with E-state index in [0.29, 0.717) is 20.4 Å². The number of halogens is 1. The summed E-state index contributed by atoms with van der Waals surface area (Å²) in [5.74, 6) is 0. The van der Waals surface area contributed by atoms with E-state index in [2.05, 4.69) is 13.8 Å². The van der Waals surface area contributed by atoms with Crippen molar-refractivity contribution in [2.75, 3.05) is 0 Å². The average Bonchev–Trinajstić information content (AvgIpc) is 1.89. The van der Waals surface area contributed by atoms with Crippen molar-refractivity contribution >= 4 is 44.3 Å². The van der Waals surface area contributed by atoms with Crippen molar-refractivity contribution in [3.63, 3.8) is 0 Å². The monoisotopic (exact) mass is 266 g/mol. The summed E-state index contributed by atoms with van der Waals surface area (Å²) in [6, 6.07) is 0. The van der Waals surface area contributed by atoms with Gasteiger partial charge in [0.05, 0.1) is 0 Å². The Morgan fingerprint density at radius 1 is 0.900 bits per heavy atom. The third kappa shape index (κ3) is 12.2. The molecule has 0 atom stereocenters. The zero-order chi connectivity index (χ0) is 6.95. The van der Waals surface area contributed by atoms with Crippen LogP contribution in [0.4, 0.5) is 0 Å². The summed E-state index contributed by atoms with van der Waals surface area (Å²) in [5.41, 5.74) is 0. The lowest BCUT2D eigenvalue weighted by Crippen LogP contribution is -1.87. The van der Waals surface area contributed by atoms with Crippen LogP contribution in [0.1, 0.15) is 39.5 Å². The Morgan fingerprint density at radius 3 is 1.60 bits per heavy atom. The first-order chi connectivity index (χ1) is 4.41.